The lowest BCUT2D eigenvalue weighted by molar-refractivity contribution is -0.124. The molecule has 0 aromatic heterocycles. The van der Waals surface area contributed by atoms with Gasteiger partial charge >= 0.3 is 0 Å². The number of carbonyl (C=O) groups excluding carboxylic acids is 2. The average Bonchev–Trinajstić information content (AvgIpc) is 2.64. The van der Waals surface area contributed by atoms with Crippen molar-refractivity contribution in [2.45, 2.75) is 33.2 Å². The summed E-state index contributed by atoms with van der Waals surface area (Å²) >= 11 is 0. The van der Waals surface area contributed by atoms with Crippen molar-refractivity contribution < 1.29 is 14.3 Å². The molecule has 0 aliphatic carbocycles. The van der Waals surface area contributed by atoms with Crippen LogP contribution in [0.2, 0.25) is 0 Å². The van der Waals surface area contributed by atoms with Crippen molar-refractivity contribution in [2.75, 3.05) is 6.61 Å². The van der Waals surface area contributed by atoms with Crippen LogP contribution in [0.1, 0.15) is 48.3 Å². The van der Waals surface area contributed by atoms with Gasteiger partial charge in [-0.25, -0.2) is 0 Å². The van der Waals surface area contributed by atoms with Crippen molar-refractivity contribution >= 4 is 11.8 Å². The number of hydrogen-bond acceptors (Lipinski definition) is 3. The van der Waals surface area contributed by atoms with E-state index < -0.39 is 5.91 Å². The molecule has 0 saturated heterocycles. The second-order valence-corrected chi connectivity index (χ2v) is 6.53. The molecule has 3 N–H and O–H groups in total. The van der Waals surface area contributed by atoms with Gasteiger partial charge in [0.1, 0.15) is 5.75 Å². The van der Waals surface area contributed by atoms with Crippen molar-refractivity contribution in [1.82, 2.24) is 5.32 Å². The fraction of sp³-hybridized carbons (Fsp3) is 0.333. The first kappa shape index (κ1) is 19.5. The van der Waals surface area contributed by atoms with Gasteiger partial charge < -0.3 is 15.8 Å². The van der Waals surface area contributed by atoms with Gasteiger partial charge in [0, 0.05) is 0 Å². The van der Waals surface area contributed by atoms with E-state index in [1.807, 2.05) is 12.1 Å². The Morgan fingerprint density at radius 2 is 1.73 bits per heavy atom. The van der Waals surface area contributed by atoms with E-state index in [1.54, 1.807) is 24.3 Å². The van der Waals surface area contributed by atoms with Crippen LogP contribution in [-0.4, -0.2) is 18.4 Å². The van der Waals surface area contributed by atoms with Crippen molar-refractivity contribution in [1.29, 1.82) is 0 Å². The molecule has 0 bridgehead atoms. The zero-order valence-electron chi connectivity index (χ0n) is 15.5. The van der Waals surface area contributed by atoms with Crippen LogP contribution in [-0.2, 0) is 11.2 Å². The second kappa shape index (κ2) is 9.04. The maximum atomic E-state index is 12.4. The number of nitrogens with one attached hydrogen (secondary N) is 1. The zero-order valence-corrected chi connectivity index (χ0v) is 15.5. The Balaban J connectivity index is 2.03. The van der Waals surface area contributed by atoms with Gasteiger partial charge in [-0.1, -0.05) is 57.2 Å². The minimum absolute atomic E-state index is 0.108. The number of primary amides is 1. The van der Waals surface area contributed by atoms with E-state index >= 15 is 0 Å². The zero-order chi connectivity index (χ0) is 19.1. The van der Waals surface area contributed by atoms with Gasteiger partial charge in [-0.3, -0.25) is 9.59 Å². The Hall–Kier alpha value is -2.82. The molecular formula is C21H26N2O3. The normalized spacial score (nSPS) is 11.8. The third-order valence-electron chi connectivity index (χ3n) is 4.24. The predicted octanol–water partition coefficient (Wildman–Crippen LogP) is 3.24. The van der Waals surface area contributed by atoms with Gasteiger partial charge in [-0.05, 0) is 35.6 Å². The number of amides is 2. The first-order valence-corrected chi connectivity index (χ1v) is 8.82. The summed E-state index contributed by atoms with van der Waals surface area (Å²) < 4.78 is 5.50. The molecule has 0 spiro atoms. The molecule has 26 heavy (non-hydrogen) atoms. The highest BCUT2D eigenvalue weighted by molar-refractivity contribution is 5.95. The van der Waals surface area contributed by atoms with E-state index in [-0.39, 0.29) is 30.0 Å². The highest BCUT2D eigenvalue weighted by Gasteiger charge is 2.19. The van der Waals surface area contributed by atoms with Crippen molar-refractivity contribution in [2.24, 2.45) is 11.7 Å². The van der Waals surface area contributed by atoms with E-state index in [1.165, 1.54) is 5.56 Å². The summed E-state index contributed by atoms with van der Waals surface area (Å²) in [6.45, 7) is 6.04. The van der Waals surface area contributed by atoms with Crippen LogP contribution in [0.3, 0.4) is 0 Å². The highest BCUT2D eigenvalue weighted by atomic mass is 16.5. The third-order valence-corrected chi connectivity index (χ3v) is 4.24. The number of benzene rings is 2. The number of nitrogens with two attached hydrogens (primary N) is 1. The van der Waals surface area contributed by atoms with Crippen LogP contribution in [0.25, 0.3) is 0 Å². The number of aryl methyl sites for hydroxylation is 1. The number of para-hydroxylation sites is 1. The Bertz CT molecular complexity index is 754. The molecule has 2 aromatic rings. The molecule has 5 nitrogen and oxygen atoms in total. The Kier molecular flexibility index (Phi) is 6.78. The quantitative estimate of drug-likeness (QED) is 0.763. The molecule has 2 aromatic carbocycles. The molecule has 138 valence electrons. The summed E-state index contributed by atoms with van der Waals surface area (Å²) in [4.78, 5) is 23.8. The Morgan fingerprint density at radius 3 is 2.31 bits per heavy atom. The molecule has 0 radical (unpaired) electrons. The van der Waals surface area contributed by atoms with Crippen LogP contribution in [0.15, 0.2) is 48.5 Å². The van der Waals surface area contributed by atoms with E-state index in [9.17, 15) is 9.59 Å². The lowest BCUT2D eigenvalue weighted by atomic mass is 9.95. The van der Waals surface area contributed by atoms with Crippen LogP contribution in [0, 0.1) is 5.92 Å². The summed E-state index contributed by atoms with van der Waals surface area (Å²) in [7, 11) is 0. The average molecular weight is 354 g/mol. The fourth-order valence-corrected chi connectivity index (χ4v) is 2.75. The van der Waals surface area contributed by atoms with Gasteiger partial charge in [0.25, 0.3) is 11.8 Å². The van der Waals surface area contributed by atoms with Crippen molar-refractivity contribution in [3.8, 4) is 5.75 Å². The minimum atomic E-state index is -0.586. The van der Waals surface area contributed by atoms with Crippen LogP contribution < -0.4 is 15.8 Å². The fourth-order valence-electron chi connectivity index (χ4n) is 2.75. The molecule has 0 aliphatic rings. The summed E-state index contributed by atoms with van der Waals surface area (Å²) in [5.41, 5.74) is 7.90. The van der Waals surface area contributed by atoms with Gasteiger partial charge in [-0.2, -0.15) is 0 Å². The molecule has 0 aliphatic heterocycles. The highest BCUT2D eigenvalue weighted by Crippen LogP contribution is 2.22. The second-order valence-electron chi connectivity index (χ2n) is 6.53. The molecule has 0 fully saturated rings. The molecule has 1 atom stereocenters. The summed E-state index contributed by atoms with van der Waals surface area (Å²) in [5, 5.41) is 3.01. The third kappa shape index (κ3) is 5.09. The van der Waals surface area contributed by atoms with Gasteiger partial charge in [0.15, 0.2) is 6.61 Å². The van der Waals surface area contributed by atoms with E-state index in [2.05, 4.69) is 38.2 Å². The van der Waals surface area contributed by atoms with Crippen LogP contribution >= 0.6 is 0 Å². The van der Waals surface area contributed by atoms with Gasteiger partial charge in [0.2, 0.25) is 0 Å². The molecule has 0 saturated carbocycles. The number of carbonyl (C=O) groups is 2. The minimum Gasteiger partial charge on any atom is -0.483 e. The number of ether oxygens (including phenoxy) is 1. The maximum Gasteiger partial charge on any atom is 0.258 e. The smallest absolute Gasteiger partial charge is 0.258 e. The SMILES string of the molecule is CCc1ccc([C@@H](NC(=O)COc2ccccc2C(N)=O)C(C)C)cc1. The number of rotatable bonds is 8. The molecular weight excluding hydrogens is 328 g/mol. The van der Waals surface area contributed by atoms with E-state index in [0.717, 1.165) is 12.0 Å². The maximum absolute atomic E-state index is 12.4. The molecule has 5 heteroatoms. The first-order chi connectivity index (χ1) is 12.4. The molecule has 2 rings (SSSR count). The van der Waals surface area contributed by atoms with Crippen LogP contribution in [0.5, 0.6) is 5.75 Å². The lowest BCUT2D eigenvalue weighted by Gasteiger charge is -2.23. The van der Waals surface area contributed by atoms with E-state index in [4.69, 9.17) is 10.5 Å². The lowest BCUT2D eigenvalue weighted by Crippen LogP contribution is -2.35. The van der Waals surface area contributed by atoms with Gasteiger partial charge in [-0.15, -0.1) is 0 Å². The topological polar surface area (TPSA) is 81.4 Å². The monoisotopic (exact) mass is 354 g/mol. The molecule has 0 heterocycles. The van der Waals surface area contributed by atoms with Crippen molar-refractivity contribution in [3.05, 3.63) is 65.2 Å². The summed E-state index contributed by atoms with van der Waals surface area (Å²) in [5.74, 6) is -0.299. The standard InChI is InChI=1S/C21H26N2O3/c1-4-15-9-11-16(12-10-15)20(14(2)3)23-19(24)13-26-18-8-6-5-7-17(18)21(22)25/h5-12,14,20H,4,13H2,1-3H3,(H2,22,25)(H,23,24)/t20-/m0/s1. The van der Waals surface area contributed by atoms with Crippen molar-refractivity contribution in [3.63, 3.8) is 0 Å². The predicted molar refractivity (Wildman–Crippen MR) is 102 cm³/mol. The number of hydrogen-bond donors (Lipinski definition) is 2. The Labute approximate surface area is 154 Å². The summed E-state index contributed by atoms with van der Waals surface area (Å²) in [6.07, 6.45) is 0.978. The Morgan fingerprint density at radius 1 is 1.08 bits per heavy atom. The first-order valence-electron chi connectivity index (χ1n) is 8.82. The largest absolute Gasteiger partial charge is 0.483 e. The summed E-state index contributed by atoms with van der Waals surface area (Å²) in [6, 6.07) is 14.8. The molecule has 0 unspecified atom stereocenters. The van der Waals surface area contributed by atoms with Crippen LogP contribution in [0.4, 0.5) is 0 Å². The van der Waals surface area contributed by atoms with E-state index in [0.29, 0.717) is 5.75 Å². The molecule has 2 amide bonds. The van der Waals surface area contributed by atoms with Gasteiger partial charge in [0.05, 0.1) is 11.6 Å².